The maximum absolute atomic E-state index is 13.3. The van der Waals surface area contributed by atoms with Crippen LogP contribution in [0.4, 0.5) is 0 Å². The maximum atomic E-state index is 13.3. The molecule has 1 fully saturated rings. The van der Waals surface area contributed by atoms with Crippen LogP contribution in [0.2, 0.25) is 0 Å². The van der Waals surface area contributed by atoms with Crippen LogP contribution in [-0.4, -0.2) is 14.7 Å². The van der Waals surface area contributed by atoms with Crippen LogP contribution in [0, 0.1) is 12.8 Å². The van der Waals surface area contributed by atoms with Gasteiger partial charge in [0.2, 0.25) is 0 Å². The lowest BCUT2D eigenvalue weighted by molar-refractivity contribution is 0.477. The highest BCUT2D eigenvalue weighted by atomic mass is 16.3. The minimum absolute atomic E-state index is 0.0311. The zero-order chi connectivity index (χ0) is 18.8. The summed E-state index contributed by atoms with van der Waals surface area (Å²) in [4.78, 5) is 18.1. The Morgan fingerprint density at radius 3 is 2.44 bits per heavy atom. The second-order valence-corrected chi connectivity index (χ2v) is 7.35. The van der Waals surface area contributed by atoms with E-state index in [9.17, 15) is 9.90 Å². The first kappa shape index (κ1) is 17.5. The van der Waals surface area contributed by atoms with Crippen molar-refractivity contribution in [2.24, 2.45) is 5.92 Å². The van der Waals surface area contributed by atoms with E-state index in [1.54, 1.807) is 12.1 Å². The average Bonchev–Trinajstić information content (AvgIpc) is 3.50. The number of hydrogen-bond acceptors (Lipinski definition) is 3. The van der Waals surface area contributed by atoms with Gasteiger partial charge < -0.3 is 5.11 Å². The van der Waals surface area contributed by atoms with Gasteiger partial charge in [0.15, 0.2) is 0 Å². The van der Waals surface area contributed by atoms with Crippen LogP contribution in [0.1, 0.15) is 29.8 Å². The molecule has 1 aromatic heterocycles. The van der Waals surface area contributed by atoms with Gasteiger partial charge >= 0.3 is 0 Å². The Balaban J connectivity index is 1.79. The van der Waals surface area contributed by atoms with Crippen LogP contribution in [0.25, 0.3) is 11.3 Å². The number of phenols is 1. The molecule has 1 aliphatic carbocycles. The summed E-state index contributed by atoms with van der Waals surface area (Å²) in [7, 11) is 0. The smallest absolute Gasteiger partial charge is 0.257 e. The van der Waals surface area contributed by atoms with E-state index in [2.05, 4.69) is 12.1 Å². The fourth-order valence-corrected chi connectivity index (χ4v) is 3.51. The van der Waals surface area contributed by atoms with Crippen LogP contribution in [0.3, 0.4) is 0 Å². The molecular formula is C23H24N2O2. The molecule has 0 saturated heterocycles. The first-order valence-corrected chi connectivity index (χ1v) is 9.56. The SMILES string of the molecule is Cc1nc(-c2ccccc2O)c(CCc2ccccc2)c(=O)n1CC1CC1. The molecule has 1 saturated carbocycles. The third kappa shape index (κ3) is 3.80. The van der Waals surface area contributed by atoms with Gasteiger partial charge in [-0.2, -0.15) is 0 Å². The van der Waals surface area contributed by atoms with Crippen molar-refractivity contribution in [3.63, 3.8) is 0 Å². The average molecular weight is 360 g/mol. The van der Waals surface area contributed by atoms with E-state index in [4.69, 9.17) is 4.98 Å². The van der Waals surface area contributed by atoms with Crippen molar-refractivity contribution in [1.29, 1.82) is 0 Å². The van der Waals surface area contributed by atoms with E-state index in [1.165, 1.54) is 18.4 Å². The van der Waals surface area contributed by atoms with E-state index in [1.807, 2.05) is 41.8 Å². The first-order valence-electron chi connectivity index (χ1n) is 9.56. The van der Waals surface area contributed by atoms with Gasteiger partial charge in [-0.3, -0.25) is 9.36 Å². The monoisotopic (exact) mass is 360 g/mol. The second-order valence-electron chi connectivity index (χ2n) is 7.35. The quantitative estimate of drug-likeness (QED) is 0.719. The van der Waals surface area contributed by atoms with Crippen LogP contribution < -0.4 is 5.56 Å². The summed E-state index contributed by atoms with van der Waals surface area (Å²) in [6.07, 6.45) is 3.74. The molecule has 0 unspecified atom stereocenters. The molecule has 4 nitrogen and oxygen atoms in total. The van der Waals surface area contributed by atoms with Crippen molar-refractivity contribution in [3.05, 3.63) is 81.9 Å². The Bertz CT molecular complexity index is 1000. The highest BCUT2D eigenvalue weighted by molar-refractivity contribution is 5.69. The minimum atomic E-state index is 0.0311. The number of hydrogen-bond donors (Lipinski definition) is 1. The number of aryl methyl sites for hydroxylation is 2. The standard InChI is InChI=1S/C23H24N2O2/c1-16-24-22(19-9-5-6-10-21(19)26)20(14-13-17-7-3-2-4-8-17)23(27)25(16)15-18-11-12-18/h2-10,18,26H,11-15H2,1H3. The van der Waals surface area contributed by atoms with Gasteiger partial charge in [-0.1, -0.05) is 42.5 Å². The number of aromatic nitrogens is 2. The van der Waals surface area contributed by atoms with Gasteiger partial charge in [0.1, 0.15) is 11.6 Å². The lowest BCUT2D eigenvalue weighted by atomic mass is 9.99. The van der Waals surface area contributed by atoms with Crippen molar-refractivity contribution < 1.29 is 5.11 Å². The van der Waals surface area contributed by atoms with Crippen molar-refractivity contribution in [3.8, 4) is 17.0 Å². The summed E-state index contributed by atoms with van der Waals surface area (Å²) in [5.74, 6) is 1.47. The number of para-hydroxylation sites is 1. The lowest BCUT2D eigenvalue weighted by Crippen LogP contribution is -2.29. The summed E-state index contributed by atoms with van der Waals surface area (Å²) < 4.78 is 1.82. The number of nitrogens with zero attached hydrogens (tertiary/aromatic N) is 2. The zero-order valence-electron chi connectivity index (χ0n) is 15.6. The second kappa shape index (κ2) is 7.39. The fraction of sp³-hybridized carbons (Fsp3) is 0.304. The molecule has 0 amide bonds. The van der Waals surface area contributed by atoms with E-state index in [0.29, 0.717) is 35.0 Å². The fourth-order valence-electron chi connectivity index (χ4n) is 3.51. The predicted molar refractivity (Wildman–Crippen MR) is 107 cm³/mol. The summed E-state index contributed by atoms with van der Waals surface area (Å²) in [5, 5.41) is 10.3. The van der Waals surface area contributed by atoms with E-state index >= 15 is 0 Å². The van der Waals surface area contributed by atoms with E-state index < -0.39 is 0 Å². The highest BCUT2D eigenvalue weighted by Gasteiger charge is 2.25. The van der Waals surface area contributed by atoms with Gasteiger partial charge in [0.05, 0.1) is 5.69 Å². The molecule has 2 aromatic carbocycles. The van der Waals surface area contributed by atoms with Crippen LogP contribution in [0.5, 0.6) is 5.75 Å². The molecule has 1 aliphatic rings. The molecule has 27 heavy (non-hydrogen) atoms. The molecule has 4 heteroatoms. The third-order valence-corrected chi connectivity index (χ3v) is 5.26. The van der Waals surface area contributed by atoms with Crippen molar-refractivity contribution in [2.45, 2.75) is 39.2 Å². The van der Waals surface area contributed by atoms with Gasteiger partial charge in [0, 0.05) is 17.7 Å². The van der Waals surface area contributed by atoms with Crippen molar-refractivity contribution in [2.75, 3.05) is 0 Å². The number of phenolic OH excluding ortho intramolecular Hbond substituents is 1. The molecule has 0 atom stereocenters. The van der Waals surface area contributed by atoms with Crippen molar-refractivity contribution in [1.82, 2.24) is 9.55 Å². The molecule has 1 N–H and O–H groups in total. The highest BCUT2D eigenvalue weighted by Crippen LogP contribution is 2.32. The molecule has 0 radical (unpaired) electrons. The molecule has 3 aromatic rings. The molecular weight excluding hydrogens is 336 g/mol. The summed E-state index contributed by atoms with van der Waals surface area (Å²) in [6, 6.07) is 17.3. The number of rotatable bonds is 6. The van der Waals surface area contributed by atoms with E-state index in [0.717, 1.165) is 13.0 Å². The Kier molecular flexibility index (Phi) is 4.80. The Morgan fingerprint density at radius 1 is 1.04 bits per heavy atom. The minimum Gasteiger partial charge on any atom is -0.507 e. The van der Waals surface area contributed by atoms with Crippen molar-refractivity contribution >= 4 is 0 Å². The Morgan fingerprint density at radius 2 is 1.74 bits per heavy atom. The molecule has 138 valence electrons. The zero-order valence-corrected chi connectivity index (χ0v) is 15.6. The summed E-state index contributed by atoms with van der Waals surface area (Å²) >= 11 is 0. The molecule has 0 spiro atoms. The molecule has 0 aliphatic heterocycles. The molecule has 0 bridgehead atoms. The number of benzene rings is 2. The van der Waals surface area contributed by atoms with Gasteiger partial charge in [-0.15, -0.1) is 0 Å². The maximum Gasteiger partial charge on any atom is 0.257 e. The van der Waals surface area contributed by atoms with Crippen LogP contribution >= 0.6 is 0 Å². The lowest BCUT2D eigenvalue weighted by Gasteiger charge is -2.16. The van der Waals surface area contributed by atoms with Gasteiger partial charge in [-0.05, 0) is 56.2 Å². The predicted octanol–water partition coefficient (Wildman–Crippen LogP) is 4.12. The summed E-state index contributed by atoms with van der Waals surface area (Å²) in [6.45, 7) is 2.63. The largest absolute Gasteiger partial charge is 0.507 e. The third-order valence-electron chi connectivity index (χ3n) is 5.26. The van der Waals surface area contributed by atoms with Crippen LogP contribution in [0.15, 0.2) is 59.4 Å². The van der Waals surface area contributed by atoms with E-state index in [-0.39, 0.29) is 11.3 Å². The Labute approximate surface area is 159 Å². The van der Waals surface area contributed by atoms with Crippen LogP contribution in [-0.2, 0) is 19.4 Å². The molecule has 1 heterocycles. The van der Waals surface area contributed by atoms with Gasteiger partial charge in [-0.25, -0.2) is 4.98 Å². The summed E-state index contributed by atoms with van der Waals surface area (Å²) in [5.41, 5.74) is 3.14. The topological polar surface area (TPSA) is 55.1 Å². The van der Waals surface area contributed by atoms with Gasteiger partial charge in [0.25, 0.3) is 5.56 Å². The Hall–Kier alpha value is -2.88. The normalized spacial score (nSPS) is 13.7. The molecule has 4 rings (SSSR count). The first-order chi connectivity index (χ1) is 13.1. The number of aromatic hydroxyl groups is 1.